The summed E-state index contributed by atoms with van der Waals surface area (Å²) < 4.78 is 0. The van der Waals surface area contributed by atoms with Gasteiger partial charge in [-0.25, -0.2) is 0 Å². The summed E-state index contributed by atoms with van der Waals surface area (Å²) in [6, 6.07) is 0. The van der Waals surface area contributed by atoms with Gasteiger partial charge < -0.3 is 6.42 Å². The van der Waals surface area contributed by atoms with Gasteiger partial charge in [-0.2, -0.15) is 6.92 Å². The third-order valence-corrected chi connectivity index (χ3v) is 2.08. The molecule has 0 aliphatic carbocycles. The molecule has 0 aromatic carbocycles. The SMILES string of the molecule is C[CH-]C1SC(=O)NC1=O. The zero-order chi connectivity index (χ0) is 6.85. The summed E-state index contributed by atoms with van der Waals surface area (Å²) in [7, 11) is 0. The second-order valence-corrected chi connectivity index (χ2v) is 2.76. The number of imide groups is 1. The molecule has 4 heteroatoms. The highest BCUT2D eigenvalue weighted by molar-refractivity contribution is 8.15. The van der Waals surface area contributed by atoms with E-state index in [0.717, 1.165) is 11.8 Å². The van der Waals surface area contributed by atoms with Gasteiger partial charge in [0, 0.05) is 0 Å². The molecule has 1 rings (SSSR count). The van der Waals surface area contributed by atoms with Crippen LogP contribution in [0.4, 0.5) is 4.79 Å². The molecule has 1 N–H and O–H groups in total. The van der Waals surface area contributed by atoms with E-state index in [1.54, 1.807) is 13.3 Å². The molecule has 1 atom stereocenters. The second-order valence-electron chi connectivity index (χ2n) is 1.65. The lowest BCUT2D eigenvalue weighted by molar-refractivity contribution is -0.118. The Morgan fingerprint density at radius 3 is 2.56 bits per heavy atom. The van der Waals surface area contributed by atoms with E-state index in [1.807, 2.05) is 0 Å². The Bertz CT molecular complexity index is 157. The average Bonchev–Trinajstić information content (AvgIpc) is 2.10. The third-order valence-electron chi connectivity index (χ3n) is 1.02. The molecule has 0 saturated carbocycles. The van der Waals surface area contributed by atoms with E-state index in [0.29, 0.717) is 0 Å². The first-order chi connectivity index (χ1) is 4.24. The van der Waals surface area contributed by atoms with Gasteiger partial charge in [-0.15, -0.1) is 0 Å². The lowest BCUT2D eigenvalue weighted by atomic mass is 10.3. The molecule has 2 amide bonds. The van der Waals surface area contributed by atoms with Gasteiger partial charge in [-0.05, 0) is 5.25 Å². The van der Waals surface area contributed by atoms with E-state index in [1.165, 1.54) is 0 Å². The zero-order valence-corrected chi connectivity index (χ0v) is 5.70. The van der Waals surface area contributed by atoms with Crippen molar-refractivity contribution in [1.82, 2.24) is 5.32 Å². The molecular formula is C5H6NO2S-. The van der Waals surface area contributed by atoms with Crippen LogP contribution in [-0.4, -0.2) is 16.4 Å². The maximum absolute atomic E-state index is 10.6. The molecule has 3 nitrogen and oxygen atoms in total. The van der Waals surface area contributed by atoms with Crippen molar-refractivity contribution in [1.29, 1.82) is 0 Å². The standard InChI is InChI=1S/C5H6NO2S/c1-2-3-4(7)6-5(8)9-3/h2-3H,1H3,(H,6,7,8)/q-1. The highest BCUT2D eigenvalue weighted by Crippen LogP contribution is 2.20. The second kappa shape index (κ2) is 2.39. The monoisotopic (exact) mass is 144 g/mol. The summed E-state index contributed by atoms with van der Waals surface area (Å²) in [4.78, 5) is 21.1. The van der Waals surface area contributed by atoms with Crippen LogP contribution in [0.2, 0.25) is 0 Å². The van der Waals surface area contributed by atoms with Crippen LogP contribution in [-0.2, 0) is 4.79 Å². The quantitative estimate of drug-likeness (QED) is 0.547. The van der Waals surface area contributed by atoms with E-state index >= 15 is 0 Å². The number of hydrogen-bond donors (Lipinski definition) is 1. The molecule has 0 bridgehead atoms. The number of carbonyl (C=O) groups is 2. The molecule has 1 fully saturated rings. The van der Waals surface area contributed by atoms with E-state index < -0.39 is 0 Å². The van der Waals surface area contributed by atoms with E-state index in [9.17, 15) is 9.59 Å². The first kappa shape index (κ1) is 6.61. The largest absolute Gasteiger partial charge is 0.309 e. The number of thioether (sulfide) groups is 1. The molecule has 0 aromatic heterocycles. The van der Waals surface area contributed by atoms with Crippen LogP contribution in [0, 0.1) is 6.42 Å². The van der Waals surface area contributed by atoms with Crippen LogP contribution in [0.15, 0.2) is 0 Å². The topological polar surface area (TPSA) is 46.2 Å². The molecule has 1 aliphatic heterocycles. The first-order valence-corrected chi connectivity index (χ1v) is 3.43. The van der Waals surface area contributed by atoms with Gasteiger partial charge >= 0.3 is 0 Å². The fourth-order valence-corrected chi connectivity index (χ4v) is 1.28. The Morgan fingerprint density at radius 2 is 2.33 bits per heavy atom. The summed E-state index contributed by atoms with van der Waals surface area (Å²) >= 11 is 1.02. The Labute approximate surface area is 57.2 Å². The van der Waals surface area contributed by atoms with Crippen molar-refractivity contribution >= 4 is 22.9 Å². The van der Waals surface area contributed by atoms with E-state index in [2.05, 4.69) is 5.32 Å². The lowest BCUT2D eigenvalue weighted by Gasteiger charge is -2.06. The third kappa shape index (κ3) is 1.24. The first-order valence-electron chi connectivity index (χ1n) is 2.55. The molecule has 0 aromatic rings. The van der Waals surface area contributed by atoms with Crippen LogP contribution in [0.25, 0.3) is 0 Å². The van der Waals surface area contributed by atoms with Crippen molar-refractivity contribution in [3.8, 4) is 0 Å². The van der Waals surface area contributed by atoms with Gasteiger partial charge in [0.1, 0.15) is 0 Å². The molecular weight excluding hydrogens is 138 g/mol. The number of rotatable bonds is 1. The molecule has 1 heterocycles. The van der Waals surface area contributed by atoms with Crippen LogP contribution in [0.5, 0.6) is 0 Å². The van der Waals surface area contributed by atoms with Crippen molar-refractivity contribution in [2.75, 3.05) is 0 Å². The maximum Gasteiger partial charge on any atom is 0.283 e. The van der Waals surface area contributed by atoms with Crippen LogP contribution >= 0.6 is 11.8 Å². The molecule has 50 valence electrons. The normalized spacial score (nSPS) is 26.6. The summed E-state index contributed by atoms with van der Waals surface area (Å²) in [5.41, 5.74) is 0. The summed E-state index contributed by atoms with van der Waals surface area (Å²) in [6.07, 6.45) is 1.70. The van der Waals surface area contributed by atoms with Crippen molar-refractivity contribution in [3.63, 3.8) is 0 Å². The molecule has 1 saturated heterocycles. The molecule has 9 heavy (non-hydrogen) atoms. The Balaban J connectivity index is 2.58. The van der Waals surface area contributed by atoms with Gasteiger partial charge in [-0.3, -0.25) is 14.9 Å². The molecule has 1 unspecified atom stereocenters. The van der Waals surface area contributed by atoms with Gasteiger partial charge in [0.15, 0.2) is 0 Å². The van der Waals surface area contributed by atoms with Crippen LogP contribution in [0.3, 0.4) is 0 Å². The van der Waals surface area contributed by atoms with E-state index in [-0.39, 0.29) is 16.4 Å². The van der Waals surface area contributed by atoms with Crippen molar-refractivity contribution < 1.29 is 9.59 Å². The summed E-state index contributed by atoms with van der Waals surface area (Å²) in [5.74, 6) is -0.201. The van der Waals surface area contributed by atoms with Gasteiger partial charge in [0.05, 0.1) is 0 Å². The predicted molar refractivity (Wildman–Crippen MR) is 34.9 cm³/mol. The Hall–Kier alpha value is -0.510. The van der Waals surface area contributed by atoms with Gasteiger partial charge in [0.2, 0.25) is 5.91 Å². The van der Waals surface area contributed by atoms with Crippen LogP contribution < -0.4 is 5.32 Å². The number of nitrogens with one attached hydrogen (secondary N) is 1. The smallest absolute Gasteiger partial charge is 0.283 e. The molecule has 0 spiro atoms. The predicted octanol–water partition coefficient (Wildman–Crippen LogP) is 0.562. The fourth-order valence-electron chi connectivity index (χ4n) is 0.589. The fraction of sp³-hybridized carbons (Fsp3) is 0.400. The number of amides is 2. The van der Waals surface area contributed by atoms with Crippen molar-refractivity contribution in [2.24, 2.45) is 0 Å². The Morgan fingerprint density at radius 1 is 1.67 bits per heavy atom. The Kier molecular flexibility index (Phi) is 1.75. The maximum atomic E-state index is 10.6. The van der Waals surface area contributed by atoms with Crippen LogP contribution in [0.1, 0.15) is 6.92 Å². The average molecular weight is 144 g/mol. The zero-order valence-electron chi connectivity index (χ0n) is 4.88. The van der Waals surface area contributed by atoms with Crippen molar-refractivity contribution in [3.05, 3.63) is 6.42 Å². The van der Waals surface area contributed by atoms with Gasteiger partial charge in [0.25, 0.3) is 5.24 Å². The van der Waals surface area contributed by atoms with E-state index in [4.69, 9.17) is 0 Å². The van der Waals surface area contributed by atoms with Gasteiger partial charge in [-0.1, -0.05) is 11.8 Å². The minimum atomic E-state index is -0.266. The molecule has 1 aliphatic rings. The number of hydrogen-bond acceptors (Lipinski definition) is 3. The minimum Gasteiger partial charge on any atom is -0.309 e. The highest BCUT2D eigenvalue weighted by Gasteiger charge is 2.23. The lowest BCUT2D eigenvalue weighted by Crippen LogP contribution is -2.23. The number of carbonyl (C=O) groups excluding carboxylic acids is 2. The summed E-state index contributed by atoms with van der Waals surface area (Å²) in [5, 5.41) is 1.66. The highest BCUT2D eigenvalue weighted by atomic mass is 32.2. The van der Waals surface area contributed by atoms with Crippen molar-refractivity contribution in [2.45, 2.75) is 12.2 Å². The summed E-state index contributed by atoms with van der Waals surface area (Å²) in [6.45, 7) is 1.76. The minimum absolute atomic E-state index is 0.201. The molecule has 0 radical (unpaired) electrons.